The Hall–Kier alpha value is -3.74. The molecule has 0 spiro atoms. The smallest absolute Gasteiger partial charge is 0.268 e. The van der Waals surface area contributed by atoms with E-state index in [1.165, 1.54) is 17.2 Å². The van der Waals surface area contributed by atoms with Crippen LogP contribution in [0.2, 0.25) is 0 Å². The second kappa shape index (κ2) is 8.42. The van der Waals surface area contributed by atoms with Crippen molar-refractivity contribution in [2.75, 3.05) is 11.4 Å². The fourth-order valence-electron chi connectivity index (χ4n) is 4.09. The largest absolute Gasteiger partial charge is 0.479 e. The molecule has 2 aliphatic rings. The average molecular weight is 432 g/mol. The summed E-state index contributed by atoms with van der Waals surface area (Å²) in [5, 5.41) is 0. The van der Waals surface area contributed by atoms with Gasteiger partial charge in [0, 0.05) is 36.7 Å². The molecule has 0 N–H and O–H groups in total. The molecule has 162 valence electrons. The van der Waals surface area contributed by atoms with Crippen LogP contribution in [0.3, 0.4) is 0 Å². The third-order valence-electron chi connectivity index (χ3n) is 5.77. The van der Waals surface area contributed by atoms with Gasteiger partial charge in [-0.1, -0.05) is 30.3 Å². The number of hydrogen-bond acceptors (Lipinski definition) is 5. The number of benzene rings is 2. The zero-order valence-electron chi connectivity index (χ0n) is 17.3. The van der Waals surface area contributed by atoms with Crippen LogP contribution in [0.15, 0.2) is 60.8 Å². The average Bonchev–Trinajstić information content (AvgIpc) is 3.37. The third kappa shape index (κ3) is 3.93. The highest BCUT2D eigenvalue weighted by Gasteiger charge is 2.36. The summed E-state index contributed by atoms with van der Waals surface area (Å²) in [6, 6.07) is 16.1. The Balaban J connectivity index is 1.23. The van der Waals surface area contributed by atoms with E-state index in [1.807, 2.05) is 30.3 Å². The number of carbonyl (C=O) groups is 2. The summed E-state index contributed by atoms with van der Waals surface area (Å²) in [4.78, 5) is 30.6. The Morgan fingerprint density at radius 3 is 2.69 bits per heavy atom. The quantitative estimate of drug-likeness (QED) is 0.586. The summed E-state index contributed by atoms with van der Waals surface area (Å²) in [7, 11) is 0. The standard InChI is InChI=1S/C25H21FN2O4/c26-21-13-17(12-20-19(21)7-8-22(20)29)28-11-10-23(25(28)30)32-18-6-9-24(27-14-18)31-15-16-4-2-1-3-5-16/h1-6,9,12-14,23H,7-8,10-11,15H2. The first kappa shape index (κ1) is 20.2. The minimum absolute atomic E-state index is 0.0826. The van der Waals surface area contributed by atoms with Gasteiger partial charge in [0.1, 0.15) is 18.2 Å². The minimum atomic E-state index is -0.695. The van der Waals surface area contributed by atoms with E-state index in [4.69, 9.17) is 9.47 Å². The summed E-state index contributed by atoms with van der Waals surface area (Å²) in [5.74, 6) is 0.127. The summed E-state index contributed by atoms with van der Waals surface area (Å²) >= 11 is 0. The molecule has 5 rings (SSSR count). The van der Waals surface area contributed by atoms with E-state index in [0.717, 1.165) is 5.56 Å². The highest BCUT2D eigenvalue weighted by Crippen LogP contribution is 2.32. The van der Waals surface area contributed by atoms with E-state index < -0.39 is 11.9 Å². The predicted octanol–water partition coefficient (Wildman–Crippen LogP) is 4.11. The molecule has 32 heavy (non-hydrogen) atoms. The molecule has 1 fully saturated rings. The number of halogens is 1. The van der Waals surface area contributed by atoms with Crippen molar-refractivity contribution in [3.63, 3.8) is 0 Å². The number of fused-ring (bicyclic) bond motifs is 1. The highest BCUT2D eigenvalue weighted by atomic mass is 19.1. The summed E-state index contributed by atoms with van der Waals surface area (Å²) in [6.07, 6.45) is 2.01. The fraction of sp³-hybridized carbons (Fsp3) is 0.240. The van der Waals surface area contributed by atoms with Crippen LogP contribution in [0.1, 0.15) is 34.3 Å². The molecule has 6 nitrogen and oxygen atoms in total. The Morgan fingerprint density at radius 2 is 1.91 bits per heavy atom. The SMILES string of the molecule is O=C1CCc2c(F)cc(N3CCC(Oc4ccc(OCc5ccccc5)nc4)C3=O)cc21. The van der Waals surface area contributed by atoms with Crippen LogP contribution in [0, 0.1) is 5.82 Å². The Bertz CT molecular complexity index is 1160. The Morgan fingerprint density at radius 1 is 1.06 bits per heavy atom. The number of anilines is 1. The number of nitrogens with zero attached hydrogens (tertiary/aromatic N) is 2. The first-order valence-electron chi connectivity index (χ1n) is 10.5. The highest BCUT2D eigenvalue weighted by molar-refractivity contribution is 6.04. The van der Waals surface area contributed by atoms with Crippen molar-refractivity contribution in [3.05, 3.63) is 83.3 Å². The molecule has 0 bridgehead atoms. The lowest BCUT2D eigenvalue weighted by atomic mass is 10.1. The van der Waals surface area contributed by atoms with Crippen LogP contribution in [0.4, 0.5) is 10.1 Å². The number of aromatic nitrogens is 1. The second-order valence-corrected chi connectivity index (χ2v) is 7.87. The van der Waals surface area contributed by atoms with E-state index >= 15 is 0 Å². The van der Waals surface area contributed by atoms with Crippen molar-refractivity contribution in [2.24, 2.45) is 0 Å². The zero-order valence-corrected chi connectivity index (χ0v) is 17.3. The van der Waals surface area contributed by atoms with Crippen molar-refractivity contribution < 1.29 is 23.5 Å². The molecule has 1 unspecified atom stereocenters. The zero-order chi connectivity index (χ0) is 22.1. The van der Waals surface area contributed by atoms with Gasteiger partial charge in [-0.15, -0.1) is 0 Å². The van der Waals surface area contributed by atoms with Gasteiger partial charge in [-0.2, -0.15) is 0 Å². The molecular weight excluding hydrogens is 411 g/mol. The van der Waals surface area contributed by atoms with Crippen LogP contribution in [0.25, 0.3) is 0 Å². The first-order valence-corrected chi connectivity index (χ1v) is 10.5. The van der Waals surface area contributed by atoms with Crippen molar-refractivity contribution in [1.82, 2.24) is 4.98 Å². The number of ether oxygens (including phenoxy) is 2. The van der Waals surface area contributed by atoms with Gasteiger partial charge in [0.25, 0.3) is 5.91 Å². The number of pyridine rings is 1. The topological polar surface area (TPSA) is 68.7 Å². The summed E-state index contributed by atoms with van der Waals surface area (Å²) in [6.45, 7) is 0.797. The lowest BCUT2D eigenvalue weighted by Gasteiger charge is -2.18. The molecule has 1 aliphatic carbocycles. The lowest BCUT2D eigenvalue weighted by Crippen LogP contribution is -2.32. The summed E-state index contributed by atoms with van der Waals surface area (Å²) in [5.41, 5.74) is 2.26. The number of ketones is 1. The van der Waals surface area contributed by atoms with Crippen molar-refractivity contribution >= 4 is 17.4 Å². The molecule has 2 heterocycles. The molecule has 1 amide bonds. The van der Waals surface area contributed by atoms with E-state index in [-0.39, 0.29) is 11.7 Å². The van der Waals surface area contributed by atoms with Crippen molar-refractivity contribution in [1.29, 1.82) is 0 Å². The van der Waals surface area contributed by atoms with Crippen LogP contribution in [-0.2, 0) is 17.8 Å². The molecule has 1 aliphatic heterocycles. The van der Waals surface area contributed by atoms with E-state index in [9.17, 15) is 14.0 Å². The van der Waals surface area contributed by atoms with Crippen molar-refractivity contribution in [3.8, 4) is 11.6 Å². The number of Topliss-reactive ketones (excluding diaryl/α,β-unsaturated/α-hetero) is 1. The van der Waals surface area contributed by atoms with Gasteiger partial charge in [-0.05, 0) is 35.7 Å². The molecule has 2 aromatic carbocycles. The number of amides is 1. The minimum Gasteiger partial charge on any atom is -0.479 e. The van der Waals surface area contributed by atoms with Crippen LogP contribution >= 0.6 is 0 Å². The maximum atomic E-state index is 14.4. The number of carbonyl (C=O) groups excluding carboxylic acids is 2. The molecule has 1 atom stereocenters. The Labute approximate surface area is 184 Å². The number of rotatable bonds is 6. The maximum absolute atomic E-state index is 14.4. The van der Waals surface area contributed by atoms with Gasteiger partial charge in [0.05, 0.1) is 6.20 Å². The van der Waals surface area contributed by atoms with Gasteiger partial charge in [-0.25, -0.2) is 9.37 Å². The molecular formula is C25H21FN2O4. The monoisotopic (exact) mass is 432 g/mol. The van der Waals surface area contributed by atoms with Crippen LogP contribution < -0.4 is 14.4 Å². The van der Waals surface area contributed by atoms with E-state index in [0.29, 0.717) is 60.9 Å². The normalized spacial score (nSPS) is 17.5. The molecule has 3 aromatic rings. The Kier molecular flexibility index (Phi) is 5.31. The molecule has 1 saturated heterocycles. The fourth-order valence-corrected chi connectivity index (χ4v) is 4.09. The summed E-state index contributed by atoms with van der Waals surface area (Å²) < 4.78 is 25.9. The lowest BCUT2D eigenvalue weighted by molar-refractivity contribution is -0.122. The first-order chi connectivity index (χ1) is 15.6. The molecule has 7 heteroatoms. The third-order valence-corrected chi connectivity index (χ3v) is 5.77. The van der Waals surface area contributed by atoms with Crippen LogP contribution in [0.5, 0.6) is 11.6 Å². The molecule has 1 aromatic heterocycles. The van der Waals surface area contributed by atoms with Gasteiger partial charge >= 0.3 is 0 Å². The number of hydrogen-bond donors (Lipinski definition) is 0. The van der Waals surface area contributed by atoms with Gasteiger partial charge in [0.15, 0.2) is 11.9 Å². The van der Waals surface area contributed by atoms with Gasteiger partial charge in [-0.3, -0.25) is 9.59 Å². The van der Waals surface area contributed by atoms with E-state index in [2.05, 4.69) is 4.98 Å². The second-order valence-electron chi connectivity index (χ2n) is 7.87. The van der Waals surface area contributed by atoms with Gasteiger partial charge in [0.2, 0.25) is 5.88 Å². The van der Waals surface area contributed by atoms with Crippen molar-refractivity contribution in [2.45, 2.75) is 32.0 Å². The molecule has 0 radical (unpaired) electrons. The van der Waals surface area contributed by atoms with Gasteiger partial charge < -0.3 is 14.4 Å². The predicted molar refractivity (Wildman–Crippen MR) is 115 cm³/mol. The van der Waals surface area contributed by atoms with Crippen LogP contribution in [-0.4, -0.2) is 29.3 Å². The van der Waals surface area contributed by atoms with E-state index in [1.54, 1.807) is 18.2 Å². The maximum Gasteiger partial charge on any atom is 0.268 e. The molecule has 0 saturated carbocycles.